The molecule has 1 aliphatic carbocycles. The van der Waals surface area contributed by atoms with Crippen molar-refractivity contribution in [3.05, 3.63) is 48.2 Å². The lowest BCUT2D eigenvalue weighted by molar-refractivity contribution is -0.200. The number of phenolic OH excluding ortho intramolecular Hbond substituents is 1. The lowest BCUT2D eigenvalue weighted by Gasteiger charge is -2.58. The average Bonchev–Trinajstić information content (AvgIpc) is 3.30. The number of sulfone groups is 1. The highest BCUT2D eigenvalue weighted by Gasteiger charge is 2.50. The van der Waals surface area contributed by atoms with E-state index >= 15 is 0 Å². The Bertz CT molecular complexity index is 1830. The van der Waals surface area contributed by atoms with E-state index < -0.39 is 34.2 Å². The minimum absolute atomic E-state index is 0.0567. The van der Waals surface area contributed by atoms with Crippen LogP contribution in [0.1, 0.15) is 44.7 Å². The van der Waals surface area contributed by atoms with Gasteiger partial charge in [0.15, 0.2) is 9.84 Å². The van der Waals surface area contributed by atoms with Crippen molar-refractivity contribution in [1.29, 1.82) is 0 Å². The van der Waals surface area contributed by atoms with Crippen LogP contribution in [0.15, 0.2) is 47.4 Å². The molecule has 1 saturated carbocycles. The van der Waals surface area contributed by atoms with E-state index in [1.807, 2.05) is 6.07 Å². The number of aromatic nitrogens is 1. The van der Waals surface area contributed by atoms with Gasteiger partial charge in [-0.3, -0.25) is 14.6 Å². The zero-order chi connectivity index (χ0) is 33.6. The smallest absolute Gasteiger partial charge is 0.406 e. The average molecular weight is 673 g/mol. The third-order valence-electron chi connectivity index (χ3n) is 9.47. The fourth-order valence-electron chi connectivity index (χ4n) is 6.99. The first-order valence-electron chi connectivity index (χ1n) is 15.8. The third-order valence-corrected chi connectivity index (χ3v) is 10.6. The Balaban J connectivity index is 1.22. The summed E-state index contributed by atoms with van der Waals surface area (Å²) in [5.74, 6) is 4.84. The maximum atomic E-state index is 13.8. The minimum atomic E-state index is -4.50. The van der Waals surface area contributed by atoms with Crippen molar-refractivity contribution in [2.75, 3.05) is 49.3 Å². The summed E-state index contributed by atoms with van der Waals surface area (Å²) in [6.45, 7) is 4.10. The van der Waals surface area contributed by atoms with Gasteiger partial charge in [0.1, 0.15) is 12.3 Å². The van der Waals surface area contributed by atoms with Crippen LogP contribution in [0, 0.1) is 17.3 Å². The molecule has 2 N–H and O–H groups in total. The molecule has 13 heteroatoms. The number of phenols is 1. The second-order valence-corrected chi connectivity index (χ2v) is 15.1. The summed E-state index contributed by atoms with van der Waals surface area (Å²) in [6.07, 6.45) is 0.636. The SMILES string of the molecule is CCC(=O)N(CC#Cc1cc2c(NC3CCC(N4CC5(COC5)C4)CC3)cccc2n1CC(F)(F)F)c1ccc(S(C)(=O)=O)cc1O. The zero-order valence-corrected chi connectivity index (χ0v) is 27.3. The Morgan fingerprint density at radius 2 is 1.85 bits per heavy atom. The van der Waals surface area contributed by atoms with Crippen molar-refractivity contribution in [3.63, 3.8) is 0 Å². The third kappa shape index (κ3) is 7.10. The summed E-state index contributed by atoms with van der Waals surface area (Å²) >= 11 is 0. The first-order valence-corrected chi connectivity index (χ1v) is 17.7. The first-order chi connectivity index (χ1) is 22.2. The van der Waals surface area contributed by atoms with Crippen LogP contribution in [0.4, 0.5) is 24.5 Å². The second-order valence-electron chi connectivity index (χ2n) is 13.1. The molecule has 3 aromatic rings. The number of carbonyl (C=O) groups is 1. The first kappa shape index (κ1) is 33.2. The van der Waals surface area contributed by atoms with E-state index in [9.17, 15) is 31.5 Å². The molecule has 2 saturated heterocycles. The van der Waals surface area contributed by atoms with E-state index in [2.05, 4.69) is 22.1 Å². The van der Waals surface area contributed by atoms with Crippen molar-refractivity contribution in [2.45, 2.75) is 68.7 Å². The molecule has 0 unspecified atom stereocenters. The fraction of sp³-hybridized carbons (Fsp3) is 0.500. The number of nitrogens with zero attached hydrogens (tertiary/aromatic N) is 3. The molecule has 1 spiro atoms. The van der Waals surface area contributed by atoms with E-state index in [4.69, 9.17) is 4.74 Å². The quantitative estimate of drug-likeness (QED) is 0.319. The van der Waals surface area contributed by atoms with E-state index in [0.29, 0.717) is 22.4 Å². The van der Waals surface area contributed by atoms with Crippen LogP contribution in [-0.4, -0.2) is 86.3 Å². The van der Waals surface area contributed by atoms with Gasteiger partial charge in [-0.1, -0.05) is 18.9 Å². The number of rotatable bonds is 8. The van der Waals surface area contributed by atoms with E-state index in [0.717, 1.165) is 74.6 Å². The molecule has 3 fully saturated rings. The maximum Gasteiger partial charge on any atom is 0.406 e. The number of ether oxygens (including phenoxy) is 1. The van der Waals surface area contributed by atoms with Gasteiger partial charge in [-0.15, -0.1) is 0 Å². The predicted octanol–water partition coefficient (Wildman–Crippen LogP) is 5.16. The molecule has 2 aromatic carbocycles. The predicted molar refractivity (Wildman–Crippen MR) is 173 cm³/mol. The number of fused-ring (bicyclic) bond motifs is 1. The van der Waals surface area contributed by atoms with Crippen LogP contribution in [-0.2, 0) is 25.9 Å². The molecule has 1 amide bonds. The number of hydrogen-bond donors (Lipinski definition) is 2. The molecular formula is C34H39F3N4O5S. The molecule has 6 rings (SSSR count). The van der Waals surface area contributed by atoms with Gasteiger partial charge in [-0.05, 0) is 61.9 Å². The van der Waals surface area contributed by atoms with E-state index in [1.54, 1.807) is 25.1 Å². The highest BCUT2D eigenvalue weighted by molar-refractivity contribution is 7.90. The number of amides is 1. The number of nitrogens with one attached hydrogen (secondary N) is 1. The fourth-order valence-corrected chi connectivity index (χ4v) is 7.63. The van der Waals surface area contributed by atoms with Gasteiger partial charge in [0.25, 0.3) is 0 Å². The van der Waals surface area contributed by atoms with Gasteiger partial charge in [-0.2, -0.15) is 13.2 Å². The van der Waals surface area contributed by atoms with Crippen LogP contribution in [0.25, 0.3) is 10.9 Å². The molecular weight excluding hydrogens is 633 g/mol. The summed E-state index contributed by atoms with van der Waals surface area (Å²) in [7, 11) is -3.60. The molecule has 9 nitrogen and oxygen atoms in total. The summed E-state index contributed by atoms with van der Waals surface area (Å²) in [6, 6.07) is 11.3. The minimum Gasteiger partial charge on any atom is -0.506 e. The van der Waals surface area contributed by atoms with Crippen LogP contribution >= 0.6 is 0 Å². The summed E-state index contributed by atoms with van der Waals surface area (Å²) in [5, 5.41) is 14.8. The van der Waals surface area contributed by atoms with Gasteiger partial charge >= 0.3 is 6.18 Å². The molecule has 0 radical (unpaired) electrons. The molecule has 252 valence electrons. The Labute approximate surface area is 272 Å². The van der Waals surface area contributed by atoms with Gasteiger partial charge in [0.05, 0.1) is 41.6 Å². The van der Waals surface area contributed by atoms with Crippen LogP contribution in [0.2, 0.25) is 0 Å². The summed E-state index contributed by atoms with van der Waals surface area (Å²) in [5.41, 5.74) is 1.73. The van der Waals surface area contributed by atoms with Gasteiger partial charge in [0, 0.05) is 60.4 Å². The van der Waals surface area contributed by atoms with Crippen molar-refractivity contribution >= 4 is 38.0 Å². The van der Waals surface area contributed by atoms with Crippen LogP contribution in [0.5, 0.6) is 5.75 Å². The van der Waals surface area contributed by atoms with Gasteiger partial charge < -0.3 is 19.7 Å². The van der Waals surface area contributed by atoms with Crippen molar-refractivity contribution in [3.8, 4) is 17.6 Å². The Hall–Kier alpha value is -3.73. The number of aromatic hydroxyl groups is 1. The summed E-state index contributed by atoms with van der Waals surface area (Å²) in [4.78, 5) is 16.4. The Kier molecular flexibility index (Phi) is 8.97. The normalized spacial score (nSPS) is 21.0. The van der Waals surface area contributed by atoms with Crippen LogP contribution < -0.4 is 10.2 Å². The molecule has 3 heterocycles. The van der Waals surface area contributed by atoms with Crippen molar-refractivity contribution < 1.29 is 36.2 Å². The number of hydrogen-bond acceptors (Lipinski definition) is 7. The molecule has 1 aromatic heterocycles. The van der Waals surface area contributed by atoms with Crippen LogP contribution in [0.3, 0.4) is 0 Å². The lowest BCUT2D eigenvalue weighted by atomic mass is 9.75. The largest absolute Gasteiger partial charge is 0.506 e. The van der Waals surface area contributed by atoms with E-state index in [1.165, 1.54) is 17.0 Å². The Morgan fingerprint density at radius 1 is 1.13 bits per heavy atom. The highest BCUT2D eigenvalue weighted by atomic mass is 32.2. The second kappa shape index (κ2) is 12.7. The number of alkyl halides is 3. The molecule has 47 heavy (non-hydrogen) atoms. The number of benzene rings is 2. The summed E-state index contributed by atoms with van der Waals surface area (Å²) < 4.78 is 71.7. The lowest BCUT2D eigenvalue weighted by Crippen LogP contribution is -2.68. The Morgan fingerprint density at radius 3 is 2.45 bits per heavy atom. The monoisotopic (exact) mass is 672 g/mol. The molecule has 0 bridgehead atoms. The maximum absolute atomic E-state index is 13.8. The zero-order valence-electron chi connectivity index (χ0n) is 26.4. The number of likely N-dealkylation sites (tertiary alicyclic amines) is 1. The standard InChI is InChI=1S/C34H39F3N4O5S/c1-3-32(43)40(30-14-13-26(17-31(30)42)47(2,44)45)15-5-6-25-16-27-28(7-4-8-29(27)41(25)20-34(35,36)37)38-23-9-11-24(12-10-23)39-18-33(19-39)21-46-22-33/h4,7-8,13-14,16-17,23-24,38,42H,3,9-12,15,18-22H2,1-2H3. The van der Waals surface area contributed by atoms with Gasteiger partial charge in [0.2, 0.25) is 5.91 Å². The molecule has 2 aliphatic heterocycles. The van der Waals surface area contributed by atoms with Gasteiger partial charge in [-0.25, -0.2) is 8.42 Å². The number of anilines is 2. The number of carbonyl (C=O) groups excluding carboxylic acids is 1. The topological polar surface area (TPSA) is 104 Å². The van der Waals surface area contributed by atoms with Crippen molar-refractivity contribution in [2.24, 2.45) is 5.41 Å². The van der Waals surface area contributed by atoms with E-state index in [-0.39, 0.29) is 35.3 Å². The molecule has 0 atom stereocenters. The van der Waals surface area contributed by atoms with Crippen molar-refractivity contribution in [1.82, 2.24) is 9.47 Å². The molecule has 3 aliphatic rings. The number of halogens is 3. The highest BCUT2D eigenvalue weighted by Crippen LogP contribution is 2.41.